The quantitative estimate of drug-likeness (QED) is 0.203. The Morgan fingerprint density at radius 2 is 1.39 bits per heavy atom. The van der Waals surface area contributed by atoms with E-state index < -0.39 is 74.9 Å². The van der Waals surface area contributed by atoms with Crippen molar-refractivity contribution in [1.82, 2.24) is 0 Å². The number of ether oxygens (including phenoxy) is 2. The molecule has 1 heterocycles. The highest BCUT2D eigenvalue weighted by Crippen LogP contribution is 2.22. The van der Waals surface area contributed by atoms with Crippen LogP contribution in [-0.2, 0) is 9.47 Å². The van der Waals surface area contributed by atoms with Crippen molar-refractivity contribution in [2.75, 3.05) is 19.8 Å². The van der Waals surface area contributed by atoms with E-state index in [4.69, 9.17) is 19.7 Å². The standard InChI is InChI=1S/C12H24O11/c13-1-4(15)7(17)8(18)5(16)3-22-12-11(21)10(20)9(19)6(2-14)23-12/h4-21H,1-3H2/t4-,5+,6-,7+,8+,9-,10+,11-,12-/m1/s1. The van der Waals surface area contributed by atoms with Gasteiger partial charge in [0.1, 0.15) is 48.8 Å². The Hall–Kier alpha value is -0.440. The molecule has 0 spiro atoms. The van der Waals surface area contributed by atoms with Gasteiger partial charge in [-0.3, -0.25) is 0 Å². The largest absolute Gasteiger partial charge is 0.394 e. The van der Waals surface area contributed by atoms with Crippen molar-refractivity contribution in [2.24, 2.45) is 0 Å². The molecule has 0 saturated carbocycles. The van der Waals surface area contributed by atoms with Crippen LogP contribution in [0.4, 0.5) is 0 Å². The van der Waals surface area contributed by atoms with Gasteiger partial charge in [-0.15, -0.1) is 0 Å². The Morgan fingerprint density at radius 1 is 0.826 bits per heavy atom. The summed E-state index contributed by atoms with van der Waals surface area (Å²) in [5.74, 6) is 0. The first-order valence-corrected chi connectivity index (χ1v) is 6.99. The first kappa shape index (κ1) is 20.6. The van der Waals surface area contributed by atoms with E-state index in [9.17, 15) is 35.7 Å². The summed E-state index contributed by atoms with van der Waals surface area (Å²) in [4.78, 5) is 0. The van der Waals surface area contributed by atoms with Gasteiger partial charge >= 0.3 is 0 Å². The van der Waals surface area contributed by atoms with Gasteiger partial charge in [-0.05, 0) is 0 Å². The SMILES string of the molecule is OC[C@@H](O)[C@H](O)[C@@H](O)[C@@H](O)CO[C@@H]1O[C@H](CO)[C@@H](O)[C@H](O)[C@H]1O. The van der Waals surface area contributed by atoms with Crippen molar-refractivity contribution < 1.29 is 55.4 Å². The third kappa shape index (κ3) is 5.01. The van der Waals surface area contributed by atoms with Crippen molar-refractivity contribution >= 4 is 0 Å². The van der Waals surface area contributed by atoms with E-state index in [1.165, 1.54) is 0 Å². The molecule has 23 heavy (non-hydrogen) atoms. The predicted octanol–water partition coefficient (Wildman–Crippen LogP) is -5.76. The van der Waals surface area contributed by atoms with Crippen LogP contribution in [0.3, 0.4) is 0 Å². The fraction of sp³-hybridized carbons (Fsp3) is 1.00. The maximum Gasteiger partial charge on any atom is 0.186 e. The van der Waals surface area contributed by atoms with Crippen LogP contribution in [0.5, 0.6) is 0 Å². The summed E-state index contributed by atoms with van der Waals surface area (Å²) in [6.07, 6.45) is -14.7. The van der Waals surface area contributed by atoms with Gasteiger partial charge < -0.3 is 55.4 Å². The number of rotatable bonds is 8. The van der Waals surface area contributed by atoms with Crippen molar-refractivity contribution in [3.05, 3.63) is 0 Å². The maximum absolute atomic E-state index is 9.70. The van der Waals surface area contributed by atoms with E-state index in [2.05, 4.69) is 0 Å². The minimum absolute atomic E-state index is 0.655. The smallest absolute Gasteiger partial charge is 0.186 e. The zero-order valence-corrected chi connectivity index (χ0v) is 12.2. The molecule has 0 unspecified atom stereocenters. The number of aliphatic hydroxyl groups excluding tert-OH is 9. The van der Waals surface area contributed by atoms with Crippen molar-refractivity contribution in [1.29, 1.82) is 0 Å². The zero-order chi connectivity index (χ0) is 17.7. The Morgan fingerprint density at radius 3 is 1.91 bits per heavy atom. The van der Waals surface area contributed by atoms with Crippen LogP contribution in [0, 0.1) is 0 Å². The van der Waals surface area contributed by atoms with Crippen molar-refractivity contribution in [2.45, 2.75) is 55.1 Å². The second kappa shape index (κ2) is 9.15. The molecule has 11 nitrogen and oxygen atoms in total. The lowest BCUT2D eigenvalue weighted by molar-refractivity contribution is -0.306. The molecule has 0 amide bonds. The first-order valence-electron chi connectivity index (χ1n) is 6.99. The minimum atomic E-state index is -1.86. The fourth-order valence-electron chi connectivity index (χ4n) is 2.06. The molecule has 0 aromatic carbocycles. The van der Waals surface area contributed by atoms with Crippen LogP contribution < -0.4 is 0 Å². The van der Waals surface area contributed by atoms with Gasteiger partial charge in [0, 0.05) is 0 Å². The third-order valence-electron chi connectivity index (χ3n) is 3.61. The summed E-state index contributed by atoms with van der Waals surface area (Å²) in [5.41, 5.74) is 0. The molecule has 1 rings (SSSR count). The molecule has 0 aromatic heterocycles. The van der Waals surface area contributed by atoms with Gasteiger partial charge in [0.05, 0.1) is 19.8 Å². The van der Waals surface area contributed by atoms with Gasteiger partial charge in [0.25, 0.3) is 0 Å². The van der Waals surface area contributed by atoms with Crippen LogP contribution in [0.2, 0.25) is 0 Å². The van der Waals surface area contributed by atoms with E-state index in [1.54, 1.807) is 0 Å². The third-order valence-corrected chi connectivity index (χ3v) is 3.61. The molecule has 11 heteroatoms. The molecule has 0 bridgehead atoms. The summed E-state index contributed by atoms with van der Waals surface area (Å²) < 4.78 is 9.99. The van der Waals surface area contributed by atoms with Gasteiger partial charge in [0.15, 0.2) is 6.29 Å². The molecule has 1 aliphatic heterocycles. The summed E-state index contributed by atoms with van der Waals surface area (Å²) in [6, 6.07) is 0. The fourth-order valence-corrected chi connectivity index (χ4v) is 2.06. The van der Waals surface area contributed by atoms with E-state index in [-0.39, 0.29) is 0 Å². The predicted molar refractivity (Wildman–Crippen MR) is 70.8 cm³/mol. The monoisotopic (exact) mass is 344 g/mol. The first-order chi connectivity index (χ1) is 10.7. The van der Waals surface area contributed by atoms with Gasteiger partial charge in [-0.2, -0.15) is 0 Å². The normalized spacial score (nSPS) is 37.2. The van der Waals surface area contributed by atoms with Crippen LogP contribution in [0.25, 0.3) is 0 Å². The van der Waals surface area contributed by atoms with Crippen LogP contribution >= 0.6 is 0 Å². The molecule has 0 aliphatic carbocycles. The molecule has 0 aromatic rings. The molecule has 9 atom stereocenters. The van der Waals surface area contributed by atoms with Crippen molar-refractivity contribution in [3.8, 4) is 0 Å². The highest BCUT2D eigenvalue weighted by atomic mass is 16.7. The van der Waals surface area contributed by atoms with Crippen LogP contribution in [-0.4, -0.2) is 121 Å². The number of hydrogen-bond donors (Lipinski definition) is 9. The zero-order valence-electron chi connectivity index (χ0n) is 12.2. The lowest BCUT2D eigenvalue weighted by Crippen LogP contribution is -2.59. The average molecular weight is 344 g/mol. The second-order valence-electron chi connectivity index (χ2n) is 5.33. The summed E-state index contributed by atoms with van der Waals surface area (Å²) >= 11 is 0. The molecule has 138 valence electrons. The van der Waals surface area contributed by atoms with Gasteiger partial charge in [-0.1, -0.05) is 0 Å². The Labute approximate surface area is 131 Å². The minimum Gasteiger partial charge on any atom is -0.394 e. The molecule has 1 aliphatic rings. The Kier molecular flexibility index (Phi) is 8.20. The molecule has 1 saturated heterocycles. The highest BCUT2D eigenvalue weighted by molar-refractivity contribution is 4.89. The topological polar surface area (TPSA) is 201 Å². The van der Waals surface area contributed by atoms with Gasteiger partial charge in [-0.25, -0.2) is 0 Å². The lowest BCUT2D eigenvalue weighted by Gasteiger charge is -2.40. The second-order valence-corrected chi connectivity index (χ2v) is 5.33. The van der Waals surface area contributed by atoms with E-state index >= 15 is 0 Å². The number of aliphatic hydroxyl groups is 9. The van der Waals surface area contributed by atoms with Crippen LogP contribution in [0.1, 0.15) is 0 Å². The number of hydrogen-bond acceptors (Lipinski definition) is 11. The van der Waals surface area contributed by atoms with E-state index in [1.807, 2.05) is 0 Å². The van der Waals surface area contributed by atoms with Gasteiger partial charge in [0.2, 0.25) is 0 Å². The molecular formula is C12H24O11. The summed E-state index contributed by atoms with van der Waals surface area (Å²) in [5, 5.41) is 84.4. The molecule has 1 fully saturated rings. The van der Waals surface area contributed by atoms with Crippen molar-refractivity contribution in [3.63, 3.8) is 0 Å². The molecule has 9 N–H and O–H groups in total. The summed E-state index contributed by atoms with van der Waals surface area (Å²) in [6.45, 7) is -2.16. The van der Waals surface area contributed by atoms with E-state index in [0.717, 1.165) is 0 Å². The van der Waals surface area contributed by atoms with Crippen LogP contribution in [0.15, 0.2) is 0 Å². The summed E-state index contributed by atoms with van der Waals surface area (Å²) in [7, 11) is 0. The Bertz CT molecular complexity index is 341. The van der Waals surface area contributed by atoms with E-state index in [0.29, 0.717) is 0 Å². The molecule has 0 radical (unpaired) electrons. The lowest BCUT2D eigenvalue weighted by atomic mass is 9.99. The highest BCUT2D eigenvalue weighted by Gasteiger charge is 2.44. The average Bonchev–Trinajstić information content (AvgIpc) is 2.56. The Balaban J connectivity index is 2.55. The molecular weight excluding hydrogens is 320 g/mol. The maximum atomic E-state index is 9.70.